The largest absolute Gasteiger partial charge is 0.357 e. The Hall–Kier alpha value is -1.31. The number of benzene rings is 1. The van der Waals surface area contributed by atoms with Gasteiger partial charge in [-0.05, 0) is 58.2 Å². The van der Waals surface area contributed by atoms with Gasteiger partial charge in [-0.2, -0.15) is 0 Å². The molecule has 1 aliphatic rings. The van der Waals surface area contributed by atoms with Crippen molar-refractivity contribution in [1.82, 2.24) is 10.6 Å². The van der Waals surface area contributed by atoms with Gasteiger partial charge in [0.1, 0.15) is 0 Å². The number of nitrogens with one attached hydrogen (secondary N) is 3. The van der Waals surface area contributed by atoms with E-state index in [1.54, 1.807) is 0 Å². The lowest BCUT2D eigenvalue weighted by molar-refractivity contribution is -0.122. The maximum absolute atomic E-state index is 12.1. The topological polar surface area (TPSA) is 65.5 Å². The second-order valence-electron chi connectivity index (χ2n) is 7.39. The first-order valence-corrected chi connectivity index (χ1v) is 8.83. The smallest absolute Gasteiger partial charge is 0.227 e. The molecule has 0 radical (unpaired) electrons. The molecule has 0 unspecified atom stereocenters. The van der Waals surface area contributed by atoms with Gasteiger partial charge in [-0.15, -0.1) is 24.0 Å². The lowest BCUT2D eigenvalue weighted by Crippen LogP contribution is -2.47. The molecular formula is C19H31IN4O. The van der Waals surface area contributed by atoms with Gasteiger partial charge in [-0.3, -0.25) is 4.79 Å². The van der Waals surface area contributed by atoms with E-state index in [9.17, 15) is 4.79 Å². The molecular weight excluding hydrogens is 427 g/mol. The average molecular weight is 458 g/mol. The van der Waals surface area contributed by atoms with Gasteiger partial charge in [-0.1, -0.05) is 18.6 Å². The quantitative estimate of drug-likeness (QED) is 0.356. The van der Waals surface area contributed by atoms with Crippen LogP contribution in [-0.4, -0.2) is 24.0 Å². The summed E-state index contributed by atoms with van der Waals surface area (Å²) in [6, 6.07) is 7.93. The first-order valence-electron chi connectivity index (χ1n) is 8.83. The highest BCUT2D eigenvalue weighted by Gasteiger charge is 2.25. The Kier molecular flexibility index (Phi) is 8.68. The number of carbonyl (C=O) groups is 1. The van der Waals surface area contributed by atoms with E-state index in [1.807, 2.05) is 24.3 Å². The number of hydrogen-bond acceptors (Lipinski definition) is 2. The van der Waals surface area contributed by atoms with Crippen molar-refractivity contribution in [1.29, 1.82) is 0 Å². The van der Waals surface area contributed by atoms with Crippen LogP contribution >= 0.6 is 24.0 Å². The molecule has 1 saturated carbocycles. The van der Waals surface area contributed by atoms with Gasteiger partial charge in [0.25, 0.3) is 0 Å². The van der Waals surface area contributed by atoms with Crippen LogP contribution in [0.5, 0.6) is 0 Å². The lowest BCUT2D eigenvalue weighted by atomic mass is 9.85. The van der Waals surface area contributed by atoms with Gasteiger partial charge in [-0.25, -0.2) is 4.99 Å². The summed E-state index contributed by atoms with van der Waals surface area (Å²) in [4.78, 5) is 16.7. The molecule has 1 fully saturated rings. The number of guanidine groups is 1. The van der Waals surface area contributed by atoms with Crippen molar-refractivity contribution in [2.45, 2.75) is 59.0 Å². The number of carbonyl (C=O) groups excluding carboxylic acids is 1. The summed E-state index contributed by atoms with van der Waals surface area (Å²) in [7, 11) is 0. The molecule has 25 heavy (non-hydrogen) atoms. The molecule has 140 valence electrons. The Bertz CT molecular complexity index is 591. The molecule has 0 aliphatic heterocycles. The van der Waals surface area contributed by atoms with Gasteiger partial charge < -0.3 is 16.0 Å². The predicted octanol–water partition coefficient (Wildman–Crippen LogP) is 3.90. The molecule has 5 nitrogen and oxygen atoms in total. The summed E-state index contributed by atoms with van der Waals surface area (Å²) in [5, 5.41) is 9.65. The van der Waals surface area contributed by atoms with Crippen LogP contribution in [0.4, 0.5) is 5.69 Å². The molecule has 0 saturated heterocycles. The average Bonchev–Trinajstić information content (AvgIpc) is 2.42. The van der Waals surface area contributed by atoms with Crippen molar-refractivity contribution < 1.29 is 4.79 Å². The Morgan fingerprint density at radius 3 is 2.56 bits per heavy atom. The molecule has 1 aliphatic carbocycles. The van der Waals surface area contributed by atoms with Crippen LogP contribution in [0.1, 0.15) is 52.5 Å². The van der Waals surface area contributed by atoms with E-state index < -0.39 is 0 Å². The monoisotopic (exact) mass is 458 g/mol. The number of hydrogen-bond donors (Lipinski definition) is 3. The van der Waals surface area contributed by atoms with Crippen LogP contribution < -0.4 is 16.0 Å². The number of nitrogens with zero attached hydrogens (tertiary/aromatic N) is 1. The zero-order valence-corrected chi connectivity index (χ0v) is 18.0. The van der Waals surface area contributed by atoms with Crippen molar-refractivity contribution >= 4 is 41.5 Å². The van der Waals surface area contributed by atoms with Crippen molar-refractivity contribution in [2.75, 3.05) is 11.9 Å². The van der Waals surface area contributed by atoms with E-state index in [0.29, 0.717) is 6.54 Å². The first kappa shape index (κ1) is 21.7. The summed E-state index contributed by atoms with van der Waals surface area (Å²) in [5.74, 6) is 1.14. The third-order valence-electron chi connectivity index (χ3n) is 3.93. The van der Waals surface area contributed by atoms with E-state index in [4.69, 9.17) is 0 Å². The van der Waals surface area contributed by atoms with Crippen LogP contribution in [0.15, 0.2) is 29.3 Å². The number of anilines is 1. The fourth-order valence-electron chi connectivity index (χ4n) is 2.49. The summed E-state index contributed by atoms with van der Waals surface area (Å²) >= 11 is 0. The van der Waals surface area contributed by atoms with Crippen molar-refractivity contribution in [3.05, 3.63) is 29.8 Å². The number of rotatable bonds is 5. The Morgan fingerprint density at radius 2 is 2.00 bits per heavy atom. The fraction of sp³-hybridized carbons (Fsp3) is 0.579. The SMILES string of the molecule is CCNC(=NCc1cccc(NC(=O)C2CCC2)c1)NC(C)(C)C.I. The molecule has 1 aromatic carbocycles. The molecule has 0 atom stereocenters. The van der Waals surface area contributed by atoms with Crippen LogP contribution in [0.25, 0.3) is 0 Å². The van der Waals surface area contributed by atoms with Crippen LogP contribution in [0.2, 0.25) is 0 Å². The summed E-state index contributed by atoms with van der Waals surface area (Å²) in [6.45, 7) is 9.76. The highest BCUT2D eigenvalue weighted by molar-refractivity contribution is 14.0. The highest BCUT2D eigenvalue weighted by atomic mass is 127. The van der Waals surface area contributed by atoms with Gasteiger partial charge in [0.2, 0.25) is 5.91 Å². The summed E-state index contributed by atoms with van der Waals surface area (Å²) in [5.41, 5.74) is 1.89. The number of halogens is 1. The molecule has 6 heteroatoms. The number of amides is 1. The minimum Gasteiger partial charge on any atom is -0.357 e. The van der Waals surface area contributed by atoms with E-state index >= 15 is 0 Å². The zero-order valence-electron chi connectivity index (χ0n) is 15.7. The Labute approximate surface area is 168 Å². The second-order valence-corrected chi connectivity index (χ2v) is 7.39. The fourth-order valence-corrected chi connectivity index (χ4v) is 2.49. The highest BCUT2D eigenvalue weighted by Crippen LogP contribution is 2.27. The first-order chi connectivity index (χ1) is 11.4. The van der Waals surface area contributed by atoms with E-state index in [-0.39, 0.29) is 41.3 Å². The van der Waals surface area contributed by atoms with E-state index in [0.717, 1.165) is 36.6 Å². The maximum atomic E-state index is 12.1. The standard InChI is InChI=1S/C19H30N4O.HI/c1-5-20-18(23-19(2,3)4)21-13-14-8-6-11-16(12-14)22-17(24)15-9-7-10-15;/h6,8,11-12,15H,5,7,9-10,13H2,1-4H3,(H,22,24)(H2,20,21,23);1H. The van der Waals surface area contributed by atoms with Crippen LogP contribution in [-0.2, 0) is 11.3 Å². The lowest BCUT2D eigenvalue weighted by Gasteiger charge is -2.24. The van der Waals surface area contributed by atoms with Crippen LogP contribution in [0.3, 0.4) is 0 Å². The minimum atomic E-state index is -0.0421. The molecule has 2 rings (SSSR count). The molecule has 1 amide bonds. The third-order valence-corrected chi connectivity index (χ3v) is 3.93. The Morgan fingerprint density at radius 1 is 1.28 bits per heavy atom. The minimum absolute atomic E-state index is 0. The normalized spacial score (nSPS) is 15.0. The van der Waals surface area contributed by atoms with Crippen LogP contribution in [0, 0.1) is 5.92 Å². The van der Waals surface area contributed by atoms with Crippen molar-refractivity contribution in [3.8, 4) is 0 Å². The molecule has 0 bridgehead atoms. The summed E-state index contributed by atoms with van der Waals surface area (Å²) < 4.78 is 0. The predicted molar refractivity (Wildman–Crippen MR) is 116 cm³/mol. The third kappa shape index (κ3) is 7.63. The van der Waals surface area contributed by atoms with Gasteiger partial charge >= 0.3 is 0 Å². The molecule has 0 spiro atoms. The number of aliphatic imine (C=N–C) groups is 1. The summed E-state index contributed by atoms with van der Waals surface area (Å²) in [6.07, 6.45) is 3.20. The molecule has 0 heterocycles. The van der Waals surface area contributed by atoms with Crippen molar-refractivity contribution in [3.63, 3.8) is 0 Å². The van der Waals surface area contributed by atoms with Gasteiger partial charge in [0, 0.05) is 23.7 Å². The van der Waals surface area contributed by atoms with E-state index in [1.165, 1.54) is 6.42 Å². The van der Waals surface area contributed by atoms with Gasteiger partial charge in [0.15, 0.2) is 5.96 Å². The van der Waals surface area contributed by atoms with Crippen molar-refractivity contribution in [2.24, 2.45) is 10.9 Å². The molecule has 1 aromatic rings. The maximum Gasteiger partial charge on any atom is 0.227 e. The van der Waals surface area contributed by atoms with Gasteiger partial charge in [0.05, 0.1) is 6.54 Å². The molecule has 3 N–H and O–H groups in total. The zero-order chi connectivity index (χ0) is 17.6. The molecule has 0 aromatic heterocycles. The Balaban J connectivity index is 0.00000312. The van der Waals surface area contributed by atoms with E-state index in [2.05, 4.69) is 48.6 Å². The second kappa shape index (κ2) is 9.99.